The third-order valence-corrected chi connectivity index (χ3v) is 5.35. The van der Waals surface area contributed by atoms with Crippen molar-refractivity contribution < 1.29 is 4.74 Å². The molecule has 0 atom stereocenters. The Balaban J connectivity index is 1.81. The molecule has 0 spiro atoms. The Labute approximate surface area is 179 Å². The molecule has 0 radical (unpaired) electrons. The molecule has 0 unspecified atom stereocenters. The first-order chi connectivity index (χ1) is 13.9. The molecule has 1 rings (SSSR count). The van der Waals surface area contributed by atoms with Gasteiger partial charge in [0.15, 0.2) is 0 Å². The number of ether oxygens (including phenoxy) is 1. The van der Waals surface area contributed by atoms with Crippen LogP contribution in [0.25, 0.3) is 0 Å². The summed E-state index contributed by atoms with van der Waals surface area (Å²) in [5.41, 5.74) is 0.805. The van der Waals surface area contributed by atoms with E-state index in [-0.39, 0.29) is 0 Å². The van der Waals surface area contributed by atoms with E-state index in [0.29, 0.717) is 0 Å². The van der Waals surface area contributed by atoms with Gasteiger partial charge in [-0.3, -0.25) is 0 Å². The van der Waals surface area contributed by atoms with Crippen LogP contribution in [0, 0.1) is 0 Å². The molecule has 158 valence electrons. The maximum atomic E-state index is 5.79. The number of nitrogens with zero attached hydrogens (tertiary/aromatic N) is 1. The molecule has 0 amide bonds. The van der Waals surface area contributed by atoms with E-state index in [1.165, 1.54) is 96.3 Å². The van der Waals surface area contributed by atoms with Gasteiger partial charge in [0.2, 0.25) is 0 Å². The Morgan fingerprint density at radius 1 is 0.750 bits per heavy atom. The van der Waals surface area contributed by atoms with E-state index < -0.39 is 0 Å². The van der Waals surface area contributed by atoms with Crippen LogP contribution >= 0.6 is 12.2 Å². The summed E-state index contributed by atoms with van der Waals surface area (Å²) in [7, 11) is 0. The topological polar surface area (TPSA) is 21.6 Å². The summed E-state index contributed by atoms with van der Waals surface area (Å²) < 4.78 is 5.79. The number of rotatable bonds is 19. The van der Waals surface area contributed by atoms with Crippen molar-refractivity contribution in [3.63, 3.8) is 0 Å². The summed E-state index contributed by atoms with van der Waals surface area (Å²) in [5, 5.41) is 2.39. The number of hydrogen-bond donors (Lipinski definition) is 0. The van der Waals surface area contributed by atoms with Gasteiger partial charge in [0.1, 0.15) is 5.75 Å². The molecular formula is C25H41NOS. The highest BCUT2D eigenvalue weighted by Gasteiger charge is 1.97. The molecule has 0 heterocycles. The van der Waals surface area contributed by atoms with Crippen molar-refractivity contribution >= 4 is 23.1 Å². The second-order valence-corrected chi connectivity index (χ2v) is 8.03. The van der Waals surface area contributed by atoms with Crippen molar-refractivity contribution in [2.24, 2.45) is 4.99 Å². The molecule has 0 bridgehead atoms. The fourth-order valence-corrected chi connectivity index (χ4v) is 3.64. The Bertz CT molecular complexity index is 525. The van der Waals surface area contributed by atoms with E-state index in [9.17, 15) is 0 Å². The molecule has 3 heteroatoms. The highest BCUT2D eigenvalue weighted by atomic mass is 32.1. The quantitative estimate of drug-likeness (QED) is 0.130. The Morgan fingerprint density at radius 3 is 1.75 bits per heavy atom. The van der Waals surface area contributed by atoms with E-state index >= 15 is 0 Å². The van der Waals surface area contributed by atoms with Crippen LogP contribution in [-0.4, -0.2) is 11.8 Å². The van der Waals surface area contributed by atoms with Crippen molar-refractivity contribution in [2.45, 2.75) is 110 Å². The predicted molar refractivity (Wildman–Crippen MR) is 126 cm³/mol. The standard InChI is InChI=1S/C25H41NOS/c1-2-3-4-5-6-7-8-9-10-11-12-13-14-15-16-17-21-27-25-20-18-19-24(22-25)26-23-28/h18-20,22H,2-17,21H2,1H3. The molecule has 0 aliphatic carbocycles. The minimum Gasteiger partial charge on any atom is -0.494 e. The van der Waals surface area contributed by atoms with Crippen LogP contribution in [0.3, 0.4) is 0 Å². The number of hydrogen-bond acceptors (Lipinski definition) is 3. The Morgan fingerprint density at radius 2 is 1.25 bits per heavy atom. The third kappa shape index (κ3) is 14.8. The second-order valence-electron chi connectivity index (χ2n) is 7.85. The molecule has 0 saturated heterocycles. The molecule has 1 aromatic rings. The molecular weight excluding hydrogens is 362 g/mol. The molecule has 0 N–H and O–H groups in total. The summed E-state index contributed by atoms with van der Waals surface area (Å²) in [4.78, 5) is 3.98. The number of unbranched alkanes of at least 4 members (excludes halogenated alkanes) is 15. The SMILES string of the molecule is CCCCCCCCCCCCCCCCCCOc1cccc(N=C=S)c1. The maximum absolute atomic E-state index is 5.79. The van der Waals surface area contributed by atoms with Crippen LogP contribution in [0.15, 0.2) is 29.3 Å². The zero-order chi connectivity index (χ0) is 20.1. The Kier molecular flexibility index (Phi) is 17.0. The first-order valence-electron chi connectivity index (χ1n) is 11.7. The minimum absolute atomic E-state index is 0.781. The maximum Gasteiger partial charge on any atom is 0.121 e. The van der Waals surface area contributed by atoms with Gasteiger partial charge in [0.25, 0.3) is 0 Å². The van der Waals surface area contributed by atoms with Gasteiger partial charge in [-0.2, -0.15) is 4.99 Å². The van der Waals surface area contributed by atoms with Gasteiger partial charge >= 0.3 is 0 Å². The number of isothiocyanates is 1. The zero-order valence-corrected chi connectivity index (χ0v) is 18.9. The van der Waals surface area contributed by atoms with Crippen molar-refractivity contribution in [3.8, 4) is 5.75 Å². The van der Waals surface area contributed by atoms with Gasteiger partial charge in [-0.15, -0.1) is 0 Å². The summed E-state index contributed by atoms with van der Waals surface area (Å²) in [6.07, 6.45) is 22.2. The number of thiocarbonyl (C=S) groups is 1. The summed E-state index contributed by atoms with van der Waals surface area (Å²) >= 11 is 4.63. The van der Waals surface area contributed by atoms with Crippen molar-refractivity contribution in [3.05, 3.63) is 24.3 Å². The van der Waals surface area contributed by atoms with Gasteiger partial charge in [-0.25, -0.2) is 0 Å². The first-order valence-corrected chi connectivity index (χ1v) is 12.1. The number of aliphatic imine (C=N–C) groups is 1. The van der Waals surface area contributed by atoms with Gasteiger partial charge in [-0.1, -0.05) is 109 Å². The number of benzene rings is 1. The molecule has 0 aliphatic rings. The molecule has 28 heavy (non-hydrogen) atoms. The lowest BCUT2D eigenvalue weighted by Crippen LogP contribution is -1.97. The van der Waals surface area contributed by atoms with Crippen LogP contribution in [-0.2, 0) is 0 Å². The van der Waals surface area contributed by atoms with Crippen LogP contribution in [0.4, 0.5) is 5.69 Å². The van der Waals surface area contributed by atoms with E-state index in [1.54, 1.807) is 0 Å². The van der Waals surface area contributed by atoms with E-state index in [2.05, 4.69) is 29.3 Å². The highest BCUT2D eigenvalue weighted by Crippen LogP contribution is 2.20. The molecule has 0 aliphatic heterocycles. The van der Waals surface area contributed by atoms with Crippen molar-refractivity contribution in [1.29, 1.82) is 0 Å². The normalized spacial score (nSPS) is 10.6. The molecule has 1 aromatic carbocycles. The third-order valence-electron chi connectivity index (χ3n) is 5.26. The van der Waals surface area contributed by atoms with Crippen molar-refractivity contribution in [2.75, 3.05) is 6.61 Å². The van der Waals surface area contributed by atoms with Gasteiger partial charge in [-0.05, 0) is 30.8 Å². The smallest absolute Gasteiger partial charge is 0.121 e. The van der Waals surface area contributed by atoms with Gasteiger partial charge < -0.3 is 4.74 Å². The van der Waals surface area contributed by atoms with Crippen LogP contribution in [0.1, 0.15) is 110 Å². The summed E-state index contributed by atoms with van der Waals surface area (Å²) in [6.45, 7) is 3.07. The lowest BCUT2D eigenvalue weighted by Gasteiger charge is -2.06. The zero-order valence-electron chi connectivity index (χ0n) is 18.1. The average molecular weight is 404 g/mol. The van der Waals surface area contributed by atoms with Crippen molar-refractivity contribution in [1.82, 2.24) is 0 Å². The Hall–Kier alpha value is -1.18. The fraction of sp³-hybridized carbons (Fsp3) is 0.720. The van der Waals surface area contributed by atoms with Gasteiger partial charge in [0, 0.05) is 6.07 Å². The first kappa shape index (κ1) is 24.9. The summed E-state index contributed by atoms with van der Waals surface area (Å²) in [5.74, 6) is 0.868. The molecule has 0 saturated carbocycles. The lowest BCUT2D eigenvalue weighted by atomic mass is 10.0. The molecule has 2 nitrogen and oxygen atoms in total. The lowest BCUT2D eigenvalue weighted by molar-refractivity contribution is 0.304. The molecule has 0 fully saturated rings. The largest absolute Gasteiger partial charge is 0.494 e. The van der Waals surface area contributed by atoms with Crippen LogP contribution in [0.2, 0.25) is 0 Å². The van der Waals surface area contributed by atoms with E-state index in [4.69, 9.17) is 4.74 Å². The van der Waals surface area contributed by atoms with Crippen LogP contribution in [0.5, 0.6) is 5.75 Å². The van der Waals surface area contributed by atoms with E-state index in [1.807, 2.05) is 24.3 Å². The van der Waals surface area contributed by atoms with Gasteiger partial charge in [0.05, 0.1) is 17.5 Å². The predicted octanol–water partition coefficient (Wildman–Crippen LogP) is 9.06. The summed E-state index contributed by atoms with van der Waals surface area (Å²) in [6, 6.07) is 7.72. The highest BCUT2D eigenvalue weighted by molar-refractivity contribution is 7.78. The average Bonchev–Trinajstić information content (AvgIpc) is 2.71. The second kappa shape index (κ2) is 19.2. The van der Waals surface area contributed by atoms with E-state index in [0.717, 1.165) is 24.5 Å². The monoisotopic (exact) mass is 403 g/mol. The van der Waals surface area contributed by atoms with Crippen LogP contribution < -0.4 is 4.74 Å². The fourth-order valence-electron chi connectivity index (χ4n) is 3.54. The minimum atomic E-state index is 0.781. The molecule has 0 aromatic heterocycles.